The molecule has 0 bridgehead atoms. The van der Waals surface area contributed by atoms with E-state index in [1.807, 2.05) is 24.3 Å². The third kappa shape index (κ3) is 5.22. The Morgan fingerprint density at radius 2 is 1.91 bits per heavy atom. The van der Waals surface area contributed by atoms with Gasteiger partial charge in [0.25, 0.3) is 0 Å². The van der Waals surface area contributed by atoms with Crippen molar-refractivity contribution < 1.29 is 0 Å². The van der Waals surface area contributed by atoms with Crippen LogP contribution in [0.4, 0.5) is 0 Å². The molecule has 1 aromatic carbocycles. The van der Waals surface area contributed by atoms with E-state index in [1.165, 1.54) is 0 Å². The van der Waals surface area contributed by atoms with Crippen molar-refractivity contribution in [1.29, 1.82) is 0 Å². The minimum absolute atomic E-state index is 0.0902. The van der Waals surface area contributed by atoms with Crippen LogP contribution in [0.25, 0.3) is 0 Å². The smallest absolute Gasteiger partial charge is 0.191 e. The summed E-state index contributed by atoms with van der Waals surface area (Å²) in [5.41, 5.74) is 2.16. The second-order valence-electron chi connectivity index (χ2n) is 6.26. The van der Waals surface area contributed by atoms with E-state index in [-0.39, 0.29) is 5.41 Å². The van der Waals surface area contributed by atoms with E-state index >= 15 is 0 Å². The number of nitrogens with one attached hydrogen (secondary N) is 2. The Kier molecular flexibility index (Phi) is 6.02. The number of hydrogen-bond acceptors (Lipinski definition) is 3. The highest BCUT2D eigenvalue weighted by molar-refractivity contribution is 7.09. The number of aliphatic imine (C=N–C) groups is 1. The summed E-state index contributed by atoms with van der Waals surface area (Å²) in [6.07, 6.45) is 0. The van der Waals surface area contributed by atoms with Gasteiger partial charge < -0.3 is 10.6 Å². The van der Waals surface area contributed by atoms with Gasteiger partial charge in [-0.15, -0.1) is 11.3 Å². The molecule has 4 nitrogen and oxygen atoms in total. The lowest BCUT2D eigenvalue weighted by atomic mass is 9.98. The van der Waals surface area contributed by atoms with Gasteiger partial charge in [0, 0.05) is 29.4 Å². The zero-order chi connectivity index (χ0) is 16.9. The van der Waals surface area contributed by atoms with Crippen molar-refractivity contribution in [2.24, 2.45) is 4.99 Å². The largest absolute Gasteiger partial charge is 0.352 e. The zero-order valence-electron chi connectivity index (χ0n) is 14.0. The molecule has 0 aliphatic carbocycles. The first kappa shape index (κ1) is 17.8. The normalized spacial score (nSPS) is 12.3. The molecule has 1 aromatic heterocycles. The van der Waals surface area contributed by atoms with Gasteiger partial charge in [-0.3, -0.25) is 4.99 Å². The molecule has 1 heterocycles. The average Bonchev–Trinajstić information content (AvgIpc) is 2.98. The Morgan fingerprint density at radius 3 is 2.52 bits per heavy atom. The van der Waals surface area contributed by atoms with Gasteiger partial charge >= 0.3 is 0 Å². The van der Waals surface area contributed by atoms with Crippen LogP contribution in [0.1, 0.15) is 37.0 Å². The van der Waals surface area contributed by atoms with Crippen molar-refractivity contribution in [3.8, 4) is 0 Å². The quantitative estimate of drug-likeness (QED) is 0.648. The minimum Gasteiger partial charge on any atom is -0.352 e. The molecule has 2 rings (SSSR count). The molecule has 0 radical (unpaired) electrons. The van der Waals surface area contributed by atoms with E-state index in [4.69, 9.17) is 11.6 Å². The fourth-order valence-electron chi connectivity index (χ4n) is 1.95. The van der Waals surface area contributed by atoms with Gasteiger partial charge in [-0.25, -0.2) is 4.98 Å². The lowest BCUT2D eigenvalue weighted by Gasteiger charge is -2.14. The van der Waals surface area contributed by atoms with Gasteiger partial charge in [-0.2, -0.15) is 0 Å². The summed E-state index contributed by atoms with van der Waals surface area (Å²) in [4.78, 5) is 8.90. The molecule has 23 heavy (non-hydrogen) atoms. The second-order valence-corrected chi connectivity index (χ2v) is 7.53. The number of aromatic nitrogens is 1. The molecule has 0 atom stereocenters. The van der Waals surface area contributed by atoms with E-state index in [1.54, 1.807) is 18.4 Å². The summed E-state index contributed by atoms with van der Waals surface area (Å²) in [7, 11) is 1.75. The maximum absolute atomic E-state index is 6.16. The first-order valence-electron chi connectivity index (χ1n) is 7.53. The van der Waals surface area contributed by atoms with Crippen molar-refractivity contribution >= 4 is 28.9 Å². The van der Waals surface area contributed by atoms with Crippen molar-refractivity contribution in [1.82, 2.24) is 15.6 Å². The number of guanidine groups is 1. The van der Waals surface area contributed by atoms with Crippen LogP contribution in [0, 0.1) is 0 Å². The molecular formula is C17H23ClN4S. The van der Waals surface area contributed by atoms with E-state index in [0.29, 0.717) is 13.1 Å². The van der Waals surface area contributed by atoms with Crippen LogP contribution < -0.4 is 10.6 Å². The number of hydrogen-bond donors (Lipinski definition) is 2. The van der Waals surface area contributed by atoms with Gasteiger partial charge in [0.2, 0.25) is 0 Å². The van der Waals surface area contributed by atoms with E-state index in [2.05, 4.69) is 46.8 Å². The molecule has 0 amide bonds. The van der Waals surface area contributed by atoms with Crippen molar-refractivity contribution in [2.45, 2.75) is 39.3 Å². The molecule has 0 fully saturated rings. The lowest BCUT2D eigenvalue weighted by Crippen LogP contribution is -2.36. The highest BCUT2D eigenvalue weighted by atomic mass is 35.5. The minimum atomic E-state index is 0.0902. The molecule has 2 N–H and O–H groups in total. The lowest BCUT2D eigenvalue weighted by molar-refractivity contribution is 0.582. The monoisotopic (exact) mass is 350 g/mol. The standard InChI is InChI=1S/C17H23ClN4S/c1-17(2,3)15-22-13(11-23-15)10-21-16(19-4)20-9-12-7-5-6-8-14(12)18/h5-8,11H,9-10H2,1-4H3,(H2,19,20,21). The van der Waals surface area contributed by atoms with Crippen molar-refractivity contribution in [3.05, 3.63) is 50.9 Å². The predicted octanol–water partition coefficient (Wildman–Crippen LogP) is 3.96. The first-order valence-corrected chi connectivity index (χ1v) is 8.78. The molecule has 0 saturated carbocycles. The Morgan fingerprint density at radius 1 is 1.22 bits per heavy atom. The van der Waals surface area contributed by atoms with Crippen LogP contribution in [-0.2, 0) is 18.5 Å². The molecular weight excluding hydrogens is 328 g/mol. The van der Waals surface area contributed by atoms with Gasteiger partial charge in [-0.1, -0.05) is 50.6 Å². The molecule has 2 aromatic rings. The van der Waals surface area contributed by atoms with E-state index < -0.39 is 0 Å². The van der Waals surface area contributed by atoms with E-state index in [9.17, 15) is 0 Å². The summed E-state index contributed by atoms with van der Waals surface area (Å²) in [5.74, 6) is 0.732. The van der Waals surface area contributed by atoms with Gasteiger partial charge in [-0.05, 0) is 11.6 Å². The average molecular weight is 351 g/mol. The summed E-state index contributed by atoms with van der Waals surface area (Å²) < 4.78 is 0. The predicted molar refractivity (Wildman–Crippen MR) is 99.3 cm³/mol. The van der Waals surface area contributed by atoms with Crippen LogP contribution in [-0.4, -0.2) is 18.0 Å². The molecule has 0 saturated heterocycles. The first-order chi connectivity index (χ1) is 10.9. The number of thiazole rings is 1. The fourth-order valence-corrected chi connectivity index (χ4v) is 3.06. The molecule has 0 aliphatic heterocycles. The molecule has 0 spiro atoms. The molecule has 0 unspecified atom stereocenters. The number of rotatable bonds is 4. The number of halogens is 1. The maximum atomic E-state index is 6.16. The summed E-state index contributed by atoms with van der Waals surface area (Å²) in [5, 5.41) is 10.5. The van der Waals surface area contributed by atoms with E-state index in [0.717, 1.165) is 27.2 Å². The SMILES string of the molecule is CN=C(NCc1csc(C(C)(C)C)n1)NCc1ccccc1Cl. The maximum Gasteiger partial charge on any atom is 0.191 e. The van der Waals surface area contributed by atoms with Crippen LogP contribution in [0.5, 0.6) is 0 Å². The van der Waals surface area contributed by atoms with Crippen LogP contribution in [0.2, 0.25) is 5.02 Å². The van der Waals surface area contributed by atoms with Crippen LogP contribution in [0.3, 0.4) is 0 Å². The zero-order valence-corrected chi connectivity index (χ0v) is 15.6. The van der Waals surface area contributed by atoms with Crippen LogP contribution in [0.15, 0.2) is 34.6 Å². The Bertz CT molecular complexity index is 673. The van der Waals surface area contributed by atoms with Crippen molar-refractivity contribution in [2.75, 3.05) is 7.05 Å². The topological polar surface area (TPSA) is 49.3 Å². The van der Waals surface area contributed by atoms with Gasteiger partial charge in [0.1, 0.15) is 0 Å². The summed E-state index contributed by atoms with van der Waals surface area (Å²) in [6.45, 7) is 7.80. The summed E-state index contributed by atoms with van der Waals surface area (Å²) in [6, 6.07) is 7.78. The Labute approximate surface area is 147 Å². The number of benzene rings is 1. The van der Waals surface area contributed by atoms with Gasteiger partial charge in [0.15, 0.2) is 5.96 Å². The Balaban J connectivity index is 1.88. The summed E-state index contributed by atoms with van der Waals surface area (Å²) >= 11 is 7.86. The number of nitrogens with zero attached hydrogens (tertiary/aromatic N) is 2. The second kappa shape index (κ2) is 7.79. The molecule has 6 heteroatoms. The Hall–Kier alpha value is -1.59. The highest BCUT2D eigenvalue weighted by Gasteiger charge is 2.17. The van der Waals surface area contributed by atoms with Crippen LogP contribution >= 0.6 is 22.9 Å². The molecule has 124 valence electrons. The highest BCUT2D eigenvalue weighted by Crippen LogP contribution is 2.25. The third-order valence-electron chi connectivity index (χ3n) is 3.26. The fraction of sp³-hybridized carbons (Fsp3) is 0.412. The third-order valence-corrected chi connectivity index (χ3v) is 4.94. The van der Waals surface area contributed by atoms with Gasteiger partial charge in [0.05, 0.1) is 17.2 Å². The molecule has 0 aliphatic rings. The van der Waals surface area contributed by atoms with Crippen molar-refractivity contribution in [3.63, 3.8) is 0 Å².